The molecule has 0 fully saturated rings. The summed E-state index contributed by atoms with van der Waals surface area (Å²) in [5.74, 6) is 1.91. The predicted octanol–water partition coefficient (Wildman–Crippen LogP) is 14.9. The van der Waals surface area contributed by atoms with E-state index in [1.165, 1.54) is 70.2 Å². The first kappa shape index (κ1) is 35.0. The normalized spacial score (nSPS) is 13.0. The Bertz CT molecular complexity index is 3540. The lowest BCUT2D eigenvalue weighted by Gasteiger charge is -2.30. The molecule has 2 aliphatic carbocycles. The summed E-state index contributed by atoms with van der Waals surface area (Å²) in [7, 11) is 0. The highest BCUT2D eigenvalue weighted by Gasteiger charge is 2.51. The topological polar surface area (TPSA) is 38.7 Å². The number of benzene rings is 9. The van der Waals surface area contributed by atoms with Crippen LogP contribution in [0.4, 0.5) is 0 Å². The van der Waals surface area contributed by atoms with Gasteiger partial charge in [0.1, 0.15) is 0 Å². The Balaban J connectivity index is 0.979. The van der Waals surface area contributed by atoms with Gasteiger partial charge in [0.2, 0.25) is 0 Å². The Labute approximate surface area is 363 Å². The maximum absolute atomic E-state index is 5.32. The van der Waals surface area contributed by atoms with Gasteiger partial charge in [-0.2, -0.15) is 0 Å². The second kappa shape index (κ2) is 13.6. The summed E-state index contributed by atoms with van der Waals surface area (Å²) in [5, 5.41) is 2.59. The number of fused-ring (bicyclic) bond motifs is 13. The molecule has 62 heavy (non-hydrogen) atoms. The van der Waals surface area contributed by atoms with Crippen molar-refractivity contribution >= 4 is 31.5 Å². The fourth-order valence-corrected chi connectivity index (χ4v) is 11.3. The maximum Gasteiger partial charge on any atom is 0.164 e. The van der Waals surface area contributed by atoms with Gasteiger partial charge >= 0.3 is 0 Å². The zero-order valence-corrected chi connectivity index (χ0v) is 34.3. The largest absolute Gasteiger partial charge is 0.208 e. The van der Waals surface area contributed by atoms with E-state index >= 15 is 0 Å². The van der Waals surface area contributed by atoms with Gasteiger partial charge in [-0.05, 0) is 91.0 Å². The summed E-state index contributed by atoms with van der Waals surface area (Å²) in [5.41, 5.74) is 17.2. The molecular formula is C58H35N3S. The highest BCUT2D eigenvalue weighted by Crippen LogP contribution is 2.63. The molecule has 2 heterocycles. The molecule has 2 aliphatic rings. The zero-order chi connectivity index (χ0) is 40.8. The van der Waals surface area contributed by atoms with Crippen LogP contribution in [0.15, 0.2) is 212 Å². The van der Waals surface area contributed by atoms with Crippen LogP contribution in [-0.2, 0) is 5.41 Å². The monoisotopic (exact) mass is 805 g/mol. The Morgan fingerprint density at radius 1 is 0.274 bits per heavy atom. The summed E-state index contributed by atoms with van der Waals surface area (Å²) < 4.78 is 2.61. The van der Waals surface area contributed by atoms with Crippen LogP contribution in [0.5, 0.6) is 0 Å². The first-order chi connectivity index (χ1) is 30.7. The van der Waals surface area contributed by atoms with Gasteiger partial charge in [0.25, 0.3) is 0 Å². The lowest BCUT2D eigenvalue weighted by atomic mass is 9.70. The summed E-state index contributed by atoms with van der Waals surface area (Å²) in [6, 6.07) is 76.7. The second-order valence-electron chi connectivity index (χ2n) is 16.3. The SMILES string of the molecule is c1ccc(-c2ccccc2-c2nc(-c3ccc(-c4ccc5sc6ccccc6c5c4)cc3)nc(-c3ccc4c(c3)-c3ccccc3C43c4ccccc4-c4ccccc43)n2)cc1. The molecule has 11 aromatic rings. The molecule has 3 nitrogen and oxygen atoms in total. The van der Waals surface area contributed by atoms with Crippen molar-refractivity contribution in [2.45, 2.75) is 5.41 Å². The van der Waals surface area contributed by atoms with Crippen molar-refractivity contribution in [1.82, 2.24) is 15.0 Å². The molecule has 1 spiro atoms. The zero-order valence-electron chi connectivity index (χ0n) is 33.5. The van der Waals surface area contributed by atoms with Crippen molar-refractivity contribution in [2.24, 2.45) is 0 Å². The summed E-state index contributed by atoms with van der Waals surface area (Å²) in [4.78, 5) is 15.9. The van der Waals surface area contributed by atoms with Gasteiger partial charge in [-0.15, -0.1) is 11.3 Å². The van der Waals surface area contributed by atoms with Gasteiger partial charge in [0, 0.05) is 36.9 Å². The van der Waals surface area contributed by atoms with Crippen molar-refractivity contribution in [3.8, 4) is 78.7 Å². The van der Waals surface area contributed by atoms with E-state index in [1.807, 2.05) is 11.3 Å². The van der Waals surface area contributed by atoms with E-state index in [0.717, 1.165) is 33.4 Å². The van der Waals surface area contributed by atoms with Gasteiger partial charge < -0.3 is 0 Å². The minimum Gasteiger partial charge on any atom is -0.208 e. The van der Waals surface area contributed by atoms with Crippen LogP contribution in [-0.4, -0.2) is 15.0 Å². The Hall–Kier alpha value is -7.79. The number of aromatic nitrogens is 3. The van der Waals surface area contributed by atoms with Crippen LogP contribution >= 0.6 is 11.3 Å². The van der Waals surface area contributed by atoms with E-state index in [-0.39, 0.29) is 0 Å². The van der Waals surface area contributed by atoms with E-state index in [2.05, 4.69) is 212 Å². The van der Waals surface area contributed by atoms with Crippen molar-refractivity contribution in [1.29, 1.82) is 0 Å². The van der Waals surface area contributed by atoms with E-state index in [9.17, 15) is 0 Å². The molecule has 13 rings (SSSR count). The lowest BCUT2D eigenvalue weighted by Crippen LogP contribution is -2.25. The molecule has 0 saturated heterocycles. The van der Waals surface area contributed by atoms with E-state index in [1.54, 1.807) is 0 Å². The van der Waals surface area contributed by atoms with Crippen LogP contribution < -0.4 is 0 Å². The number of hydrogen-bond acceptors (Lipinski definition) is 4. The molecule has 9 aromatic carbocycles. The number of rotatable bonds is 5. The van der Waals surface area contributed by atoms with E-state index in [0.29, 0.717) is 17.5 Å². The fraction of sp³-hybridized carbons (Fsp3) is 0.0172. The van der Waals surface area contributed by atoms with Gasteiger partial charge in [-0.3, -0.25) is 0 Å². The molecular weight excluding hydrogens is 771 g/mol. The lowest BCUT2D eigenvalue weighted by molar-refractivity contribution is 0.794. The molecule has 4 heteroatoms. The van der Waals surface area contributed by atoms with Crippen molar-refractivity contribution in [3.63, 3.8) is 0 Å². The Kier molecular flexibility index (Phi) is 7.69. The Morgan fingerprint density at radius 3 is 1.47 bits per heavy atom. The molecule has 0 atom stereocenters. The van der Waals surface area contributed by atoms with E-state index in [4.69, 9.17) is 15.0 Å². The summed E-state index contributed by atoms with van der Waals surface area (Å²) in [6.07, 6.45) is 0. The third-order valence-corrected chi connectivity index (χ3v) is 14.1. The van der Waals surface area contributed by atoms with Gasteiger partial charge in [-0.25, -0.2) is 15.0 Å². The van der Waals surface area contributed by atoms with Crippen LogP contribution in [0, 0.1) is 0 Å². The molecule has 0 amide bonds. The minimum absolute atomic E-state index is 0.412. The summed E-state index contributed by atoms with van der Waals surface area (Å²) >= 11 is 1.84. The molecule has 0 bridgehead atoms. The highest BCUT2D eigenvalue weighted by atomic mass is 32.1. The molecule has 0 aliphatic heterocycles. The van der Waals surface area contributed by atoms with Gasteiger partial charge in [0.05, 0.1) is 5.41 Å². The fourth-order valence-electron chi connectivity index (χ4n) is 10.3. The molecule has 2 aromatic heterocycles. The van der Waals surface area contributed by atoms with Crippen molar-refractivity contribution in [2.75, 3.05) is 0 Å². The van der Waals surface area contributed by atoms with Crippen LogP contribution in [0.2, 0.25) is 0 Å². The van der Waals surface area contributed by atoms with Crippen LogP contribution in [0.25, 0.3) is 98.8 Å². The standard InChI is InChI=1S/C58H35N3S/c1-2-14-37(15-3-1)41-16-4-5-21-46(41)57-60-55(38-28-26-36(27-29-38)39-31-33-54-48(34-39)45-20-9-13-25-53(45)62-54)59-56(61-57)40-30-32-52-47(35-40)44-19-8-12-24-51(44)58(52)49-22-10-6-17-42(49)43-18-7-11-23-50(43)58/h1-35H. The average molecular weight is 806 g/mol. The third kappa shape index (κ3) is 5.14. The summed E-state index contributed by atoms with van der Waals surface area (Å²) in [6.45, 7) is 0. The first-order valence-electron chi connectivity index (χ1n) is 21.1. The predicted molar refractivity (Wildman–Crippen MR) is 256 cm³/mol. The molecule has 0 unspecified atom stereocenters. The molecule has 0 radical (unpaired) electrons. The Morgan fingerprint density at radius 2 is 0.758 bits per heavy atom. The van der Waals surface area contributed by atoms with Crippen LogP contribution in [0.1, 0.15) is 22.3 Å². The average Bonchev–Trinajstić information content (AvgIpc) is 3.98. The second-order valence-corrected chi connectivity index (χ2v) is 17.3. The number of nitrogens with zero attached hydrogens (tertiary/aromatic N) is 3. The highest BCUT2D eigenvalue weighted by molar-refractivity contribution is 7.25. The molecule has 288 valence electrons. The first-order valence-corrected chi connectivity index (χ1v) is 21.9. The van der Waals surface area contributed by atoms with Gasteiger partial charge in [-0.1, -0.05) is 188 Å². The van der Waals surface area contributed by atoms with E-state index < -0.39 is 5.41 Å². The van der Waals surface area contributed by atoms with Gasteiger partial charge in [0.15, 0.2) is 17.5 Å². The van der Waals surface area contributed by atoms with Crippen molar-refractivity contribution < 1.29 is 0 Å². The minimum atomic E-state index is -0.412. The molecule has 0 N–H and O–H groups in total. The smallest absolute Gasteiger partial charge is 0.164 e. The molecule has 0 saturated carbocycles. The van der Waals surface area contributed by atoms with Crippen LogP contribution in [0.3, 0.4) is 0 Å². The quantitative estimate of drug-likeness (QED) is 0.174. The number of thiophene rings is 1. The number of hydrogen-bond donors (Lipinski definition) is 0. The third-order valence-electron chi connectivity index (χ3n) is 13.0. The van der Waals surface area contributed by atoms with Crippen molar-refractivity contribution in [3.05, 3.63) is 235 Å². The maximum atomic E-state index is 5.32.